The summed E-state index contributed by atoms with van der Waals surface area (Å²) >= 11 is 0. The van der Waals surface area contributed by atoms with Gasteiger partial charge in [0, 0.05) is 5.41 Å². The lowest BCUT2D eigenvalue weighted by molar-refractivity contribution is 0.0348. The van der Waals surface area contributed by atoms with Crippen LogP contribution in [0.2, 0.25) is 0 Å². The largest absolute Gasteiger partial charge is 0.0993 e. The second-order valence-corrected chi connectivity index (χ2v) is 11.1. The summed E-state index contributed by atoms with van der Waals surface area (Å²) in [7, 11) is 0. The van der Waals surface area contributed by atoms with Crippen molar-refractivity contribution in [3.05, 3.63) is 47.6 Å². The maximum absolute atomic E-state index is 4.59. The molecule has 0 saturated heterocycles. The summed E-state index contributed by atoms with van der Waals surface area (Å²) in [5.74, 6) is 1.66. The van der Waals surface area contributed by atoms with E-state index in [1.54, 1.807) is 11.1 Å². The minimum atomic E-state index is 0.324. The zero-order chi connectivity index (χ0) is 22.2. The Balaban J connectivity index is 0.000000589. The van der Waals surface area contributed by atoms with E-state index in [2.05, 4.69) is 66.9 Å². The monoisotopic (exact) mass is 408 g/mol. The molecule has 0 heteroatoms. The predicted octanol–water partition coefficient (Wildman–Crippen LogP) is 9.59. The van der Waals surface area contributed by atoms with Gasteiger partial charge in [0.15, 0.2) is 0 Å². The molecule has 4 rings (SSSR count). The van der Waals surface area contributed by atoms with Gasteiger partial charge in [-0.25, -0.2) is 0 Å². The lowest BCUT2D eigenvalue weighted by Crippen LogP contribution is -2.47. The minimum Gasteiger partial charge on any atom is -0.0993 e. The van der Waals surface area contributed by atoms with E-state index in [4.69, 9.17) is 0 Å². The molecule has 0 N–H and O–H groups in total. The Hall–Kier alpha value is -1.04. The van der Waals surface area contributed by atoms with Gasteiger partial charge in [0.25, 0.3) is 0 Å². The number of hydrogen-bond donors (Lipinski definition) is 0. The normalized spacial score (nSPS) is 39.6. The maximum Gasteiger partial charge on any atom is 0.0101 e. The van der Waals surface area contributed by atoms with E-state index in [0.717, 1.165) is 18.3 Å². The fourth-order valence-electron chi connectivity index (χ4n) is 7.82. The van der Waals surface area contributed by atoms with Crippen molar-refractivity contribution in [2.75, 3.05) is 0 Å². The van der Waals surface area contributed by atoms with Crippen molar-refractivity contribution in [2.45, 2.75) is 112 Å². The van der Waals surface area contributed by atoms with E-state index in [1.807, 2.05) is 0 Å². The minimum absolute atomic E-state index is 0.324. The van der Waals surface area contributed by atoms with Gasteiger partial charge in [-0.2, -0.15) is 0 Å². The van der Waals surface area contributed by atoms with Crippen LogP contribution in [-0.4, -0.2) is 0 Å². The standard InChI is InChI=1S/C26H38.C4H10/c1-7-19(4)26(8-2)16-13-23-21-10-9-20-17-18(3)11-14-24(20,5)22(21)12-15-25(23,26)6;1-3-4-2/h12,17,21,23H,3-4,7-11,13-16H2,1-2,5-6H3;3-4H2,1-2H3. The van der Waals surface area contributed by atoms with Crippen LogP contribution in [0.4, 0.5) is 0 Å². The van der Waals surface area contributed by atoms with Gasteiger partial charge in [-0.15, -0.1) is 0 Å². The maximum atomic E-state index is 4.59. The molecular weight excluding hydrogens is 360 g/mol. The number of allylic oxidation sites excluding steroid dienone is 6. The van der Waals surface area contributed by atoms with E-state index in [1.165, 1.54) is 75.4 Å². The van der Waals surface area contributed by atoms with Gasteiger partial charge in [0.1, 0.15) is 0 Å². The molecule has 5 atom stereocenters. The molecule has 30 heavy (non-hydrogen) atoms. The van der Waals surface area contributed by atoms with Crippen LogP contribution in [0.15, 0.2) is 47.6 Å². The third-order valence-corrected chi connectivity index (χ3v) is 10.0. The first-order valence-electron chi connectivity index (χ1n) is 13.0. The van der Waals surface area contributed by atoms with Gasteiger partial charge in [-0.3, -0.25) is 0 Å². The summed E-state index contributed by atoms with van der Waals surface area (Å²) in [5, 5.41) is 0. The second-order valence-electron chi connectivity index (χ2n) is 11.1. The molecule has 0 aliphatic heterocycles. The molecule has 0 spiro atoms. The number of fused-ring (bicyclic) bond motifs is 5. The molecule has 4 aliphatic rings. The van der Waals surface area contributed by atoms with Crippen LogP contribution >= 0.6 is 0 Å². The highest BCUT2D eigenvalue weighted by Crippen LogP contribution is 2.70. The van der Waals surface area contributed by atoms with Gasteiger partial charge < -0.3 is 0 Å². The van der Waals surface area contributed by atoms with Crippen LogP contribution in [0.5, 0.6) is 0 Å². The lowest BCUT2D eigenvalue weighted by Gasteiger charge is -2.56. The SMILES string of the molecule is C=C1C=C2CCC3C(=CCC4(C)C3CCC4(CC)C(=C)CC)C2(C)CC1.CCCC. The Morgan fingerprint density at radius 3 is 2.33 bits per heavy atom. The average Bonchev–Trinajstić information content (AvgIpc) is 3.07. The summed E-state index contributed by atoms with van der Waals surface area (Å²) in [6.07, 6.45) is 19.4. The third kappa shape index (κ3) is 3.41. The van der Waals surface area contributed by atoms with Crippen molar-refractivity contribution < 1.29 is 0 Å². The lowest BCUT2D eigenvalue weighted by atomic mass is 9.48. The quantitative estimate of drug-likeness (QED) is 0.406. The summed E-state index contributed by atoms with van der Waals surface area (Å²) in [5.41, 5.74) is 7.47. The van der Waals surface area contributed by atoms with E-state index in [-0.39, 0.29) is 0 Å². The smallest absolute Gasteiger partial charge is 0.0101 e. The molecule has 168 valence electrons. The zero-order valence-electron chi connectivity index (χ0n) is 21.0. The Bertz CT molecular complexity index is 731. The molecule has 5 unspecified atom stereocenters. The van der Waals surface area contributed by atoms with Crippen molar-refractivity contribution in [2.24, 2.45) is 28.1 Å². The van der Waals surface area contributed by atoms with Crippen LogP contribution in [-0.2, 0) is 0 Å². The molecule has 0 bridgehead atoms. The van der Waals surface area contributed by atoms with Gasteiger partial charge in [-0.1, -0.05) is 102 Å². The van der Waals surface area contributed by atoms with Crippen molar-refractivity contribution in [3.8, 4) is 0 Å². The van der Waals surface area contributed by atoms with Gasteiger partial charge >= 0.3 is 0 Å². The first kappa shape index (κ1) is 23.6. The van der Waals surface area contributed by atoms with Crippen LogP contribution in [0, 0.1) is 28.1 Å². The molecule has 4 aliphatic carbocycles. The predicted molar refractivity (Wildman–Crippen MR) is 134 cm³/mol. The fourth-order valence-corrected chi connectivity index (χ4v) is 7.82. The van der Waals surface area contributed by atoms with Crippen LogP contribution in [0.25, 0.3) is 0 Å². The molecule has 0 heterocycles. The summed E-state index contributed by atoms with van der Waals surface area (Å²) in [4.78, 5) is 0. The van der Waals surface area contributed by atoms with Gasteiger partial charge in [-0.05, 0) is 80.5 Å². The molecular formula is C30H48. The van der Waals surface area contributed by atoms with E-state index < -0.39 is 0 Å². The Kier molecular flexibility index (Phi) is 6.96. The van der Waals surface area contributed by atoms with E-state index in [0.29, 0.717) is 16.2 Å². The van der Waals surface area contributed by atoms with Gasteiger partial charge in [0.2, 0.25) is 0 Å². The molecule has 0 aromatic carbocycles. The highest BCUT2D eigenvalue weighted by molar-refractivity contribution is 5.43. The first-order chi connectivity index (χ1) is 14.2. The van der Waals surface area contributed by atoms with Gasteiger partial charge in [0.05, 0.1) is 0 Å². The highest BCUT2D eigenvalue weighted by atomic mass is 14.7. The topological polar surface area (TPSA) is 0 Å². The third-order valence-electron chi connectivity index (χ3n) is 10.0. The van der Waals surface area contributed by atoms with Crippen LogP contribution in [0.3, 0.4) is 0 Å². The summed E-state index contributed by atoms with van der Waals surface area (Å²) in [6, 6.07) is 0. The number of unbranched alkanes of at least 4 members (excludes halogenated alkanes) is 1. The summed E-state index contributed by atoms with van der Waals surface area (Å²) < 4.78 is 0. The molecule has 0 radical (unpaired) electrons. The highest BCUT2D eigenvalue weighted by Gasteiger charge is 2.61. The summed E-state index contributed by atoms with van der Waals surface area (Å²) in [6.45, 7) is 23.1. The van der Waals surface area contributed by atoms with Crippen molar-refractivity contribution in [3.63, 3.8) is 0 Å². The molecule has 0 aromatic heterocycles. The van der Waals surface area contributed by atoms with E-state index >= 15 is 0 Å². The van der Waals surface area contributed by atoms with Crippen molar-refractivity contribution in [1.82, 2.24) is 0 Å². The number of rotatable bonds is 4. The Morgan fingerprint density at radius 2 is 1.73 bits per heavy atom. The molecule has 2 saturated carbocycles. The molecule has 0 amide bonds. The van der Waals surface area contributed by atoms with Crippen LogP contribution in [0.1, 0.15) is 112 Å². The fraction of sp³-hybridized carbons (Fsp3) is 0.733. The van der Waals surface area contributed by atoms with Crippen molar-refractivity contribution >= 4 is 0 Å². The first-order valence-corrected chi connectivity index (χ1v) is 13.0. The molecule has 2 fully saturated rings. The molecule has 0 aromatic rings. The number of hydrogen-bond acceptors (Lipinski definition) is 0. The second kappa shape index (κ2) is 8.84. The zero-order valence-corrected chi connectivity index (χ0v) is 21.0. The van der Waals surface area contributed by atoms with E-state index in [9.17, 15) is 0 Å². The Morgan fingerprint density at radius 1 is 1.03 bits per heavy atom. The molecule has 0 nitrogen and oxygen atoms in total. The van der Waals surface area contributed by atoms with Crippen LogP contribution < -0.4 is 0 Å². The average molecular weight is 409 g/mol. The van der Waals surface area contributed by atoms with Crippen molar-refractivity contribution in [1.29, 1.82) is 0 Å². The Labute approximate surface area is 188 Å².